The summed E-state index contributed by atoms with van der Waals surface area (Å²) in [6.45, 7) is 1.67. The van der Waals surface area contributed by atoms with Gasteiger partial charge in [-0.1, -0.05) is 6.08 Å². The molecule has 1 aliphatic rings. The van der Waals surface area contributed by atoms with Crippen molar-refractivity contribution in [2.24, 2.45) is 0 Å². The number of nitrogens with zero attached hydrogens (tertiary/aromatic N) is 1. The van der Waals surface area contributed by atoms with Crippen LogP contribution >= 0.6 is 0 Å². The maximum atomic E-state index is 11.5. The summed E-state index contributed by atoms with van der Waals surface area (Å²) in [4.78, 5) is 35.1. The molecule has 82 valence electrons. The largest absolute Gasteiger partial charge is 0.467 e. The molecule has 0 radical (unpaired) electrons. The number of rotatable bonds is 2. The maximum Gasteiger partial charge on any atom is 0.329 e. The second-order valence-electron chi connectivity index (χ2n) is 3.18. The van der Waals surface area contributed by atoms with Crippen molar-refractivity contribution >= 4 is 17.8 Å². The highest BCUT2D eigenvalue weighted by Crippen LogP contribution is 2.20. The van der Waals surface area contributed by atoms with Gasteiger partial charge in [0.25, 0.3) is 5.91 Å². The minimum absolute atomic E-state index is 0.211. The van der Waals surface area contributed by atoms with Gasteiger partial charge in [0.15, 0.2) is 0 Å². The lowest BCUT2D eigenvalue weighted by molar-refractivity contribution is -0.154. The molecule has 1 atom stereocenters. The van der Waals surface area contributed by atoms with Crippen LogP contribution in [-0.4, -0.2) is 35.8 Å². The molecule has 1 aliphatic heterocycles. The van der Waals surface area contributed by atoms with Gasteiger partial charge >= 0.3 is 5.97 Å². The fraction of sp³-hybridized carbons (Fsp3) is 0.500. The summed E-state index contributed by atoms with van der Waals surface area (Å²) in [7, 11) is 1.24. The molecule has 0 aromatic heterocycles. The first-order valence-corrected chi connectivity index (χ1v) is 4.68. The van der Waals surface area contributed by atoms with Crippen molar-refractivity contribution in [1.29, 1.82) is 0 Å². The van der Waals surface area contributed by atoms with Crippen LogP contribution in [0.5, 0.6) is 0 Å². The second-order valence-corrected chi connectivity index (χ2v) is 3.18. The summed E-state index contributed by atoms with van der Waals surface area (Å²) in [5.41, 5.74) is 0. The highest BCUT2D eigenvalue weighted by atomic mass is 16.5. The van der Waals surface area contributed by atoms with Gasteiger partial charge in [-0.05, 0) is 19.4 Å². The van der Waals surface area contributed by atoms with Crippen LogP contribution in [0.3, 0.4) is 0 Å². The second kappa shape index (κ2) is 4.72. The van der Waals surface area contributed by atoms with Crippen LogP contribution in [0, 0.1) is 0 Å². The number of allylic oxidation sites excluding steroid dienone is 1. The Balaban J connectivity index is 2.86. The van der Waals surface area contributed by atoms with Gasteiger partial charge in [-0.15, -0.1) is 0 Å². The highest BCUT2D eigenvalue weighted by molar-refractivity contribution is 6.05. The molecule has 0 spiro atoms. The van der Waals surface area contributed by atoms with E-state index in [1.165, 1.54) is 19.3 Å². The van der Waals surface area contributed by atoms with E-state index in [4.69, 9.17) is 0 Å². The Kier molecular flexibility index (Phi) is 3.60. The van der Waals surface area contributed by atoms with E-state index >= 15 is 0 Å². The van der Waals surface area contributed by atoms with Crippen molar-refractivity contribution in [2.75, 3.05) is 7.11 Å². The first kappa shape index (κ1) is 11.4. The first-order valence-electron chi connectivity index (χ1n) is 4.68. The number of esters is 1. The van der Waals surface area contributed by atoms with E-state index in [0.717, 1.165) is 4.90 Å². The Labute approximate surface area is 87.7 Å². The number of ether oxygens (including phenoxy) is 1. The Morgan fingerprint density at radius 1 is 1.53 bits per heavy atom. The number of likely N-dealkylation sites (tertiary alicyclic amines) is 1. The monoisotopic (exact) mass is 211 g/mol. The van der Waals surface area contributed by atoms with E-state index in [9.17, 15) is 14.4 Å². The standard InChI is InChI=1S/C10H13NO4/c1-3-4-8(12)11-7(10(14)15-2)5-6-9(11)13/h3-4,7H,5-6H2,1-2H3/b4-3+/t7-/m1/s1. The van der Waals surface area contributed by atoms with Gasteiger partial charge in [-0.25, -0.2) is 4.79 Å². The van der Waals surface area contributed by atoms with Crippen molar-refractivity contribution in [3.8, 4) is 0 Å². The summed E-state index contributed by atoms with van der Waals surface area (Å²) in [5, 5.41) is 0. The number of hydrogen-bond acceptors (Lipinski definition) is 4. The van der Waals surface area contributed by atoms with Gasteiger partial charge in [0.1, 0.15) is 6.04 Å². The van der Waals surface area contributed by atoms with Gasteiger partial charge in [-0.2, -0.15) is 0 Å². The van der Waals surface area contributed by atoms with Gasteiger partial charge in [0, 0.05) is 6.42 Å². The molecule has 0 N–H and O–H groups in total. The van der Waals surface area contributed by atoms with Crippen LogP contribution < -0.4 is 0 Å². The van der Waals surface area contributed by atoms with Crippen LogP contribution in [0.25, 0.3) is 0 Å². The lowest BCUT2D eigenvalue weighted by Crippen LogP contribution is -2.42. The van der Waals surface area contributed by atoms with Gasteiger partial charge in [-0.3, -0.25) is 14.5 Å². The molecule has 0 bridgehead atoms. The first-order chi connectivity index (χ1) is 7.11. The molecule has 0 saturated carbocycles. The summed E-state index contributed by atoms with van der Waals surface area (Å²) in [6.07, 6.45) is 3.35. The van der Waals surface area contributed by atoms with Gasteiger partial charge in [0.05, 0.1) is 7.11 Å². The number of imide groups is 1. The molecular weight excluding hydrogens is 198 g/mol. The fourth-order valence-corrected chi connectivity index (χ4v) is 1.54. The topological polar surface area (TPSA) is 63.7 Å². The number of hydrogen-bond donors (Lipinski definition) is 0. The Morgan fingerprint density at radius 2 is 2.20 bits per heavy atom. The minimum atomic E-state index is -0.758. The molecule has 1 rings (SSSR count). The molecule has 0 aromatic rings. The highest BCUT2D eigenvalue weighted by Gasteiger charge is 2.39. The van der Waals surface area contributed by atoms with E-state index in [1.807, 2.05) is 0 Å². The number of methoxy groups -OCH3 is 1. The molecule has 1 fully saturated rings. The predicted octanol–water partition coefficient (Wildman–Crippen LogP) is 0.253. The maximum absolute atomic E-state index is 11.5. The molecule has 0 aliphatic carbocycles. The molecule has 2 amide bonds. The Bertz CT molecular complexity index is 321. The predicted molar refractivity (Wildman–Crippen MR) is 51.7 cm³/mol. The lowest BCUT2D eigenvalue weighted by Gasteiger charge is -2.18. The summed E-state index contributed by atoms with van der Waals surface area (Å²) in [5.74, 6) is -1.33. The van der Waals surface area contributed by atoms with Crippen molar-refractivity contribution < 1.29 is 19.1 Å². The molecule has 1 heterocycles. The Morgan fingerprint density at radius 3 is 2.73 bits per heavy atom. The van der Waals surface area contributed by atoms with Gasteiger partial charge < -0.3 is 4.74 Å². The van der Waals surface area contributed by atoms with E-state index < -0.39 is 17.9 Å². The average Bonchev–Trinajstić information content (AvgIpc) is 2.59. The minimum Gasteiger partial charge on any atom is -0.467 e. The van der Waals surface area contributed by atoms with Crippen LogP contribution in [0.15, 0.2) is 12.2 Å². The average molecular weight is 211 g/mol. The molecule has 5 heteroatoms. The van der Waals surface area contributed by atoms with Crippen LogP contribution in [0.2, 0.25) is 0 Å². The third kappa shape index (κ3) is 2.23. The molecule has 0 unspecified atom stereocenters. The SMILES string of the molecule is C/C=C/C(=O)N1C(=O)CC[C@@H]1C(=O)OC. The molecule has 15 heavy (non-hydrogen) atoms. The molecule has 0 aromatic carbocycles. The third-order valence-electron chi connectivity index (χ3n) is 2.23. The van der Waals surface area contributed by atoms with Crippen LogP contribution in [-0.2, 0) is 19.1 Å². The number of carbonyl (C=O) groups excluding carboxylic acids is 3. The normalized spacial score (nSPS) is 21.1. The van der Waals surface area contributed by atoms with Crippen molar-refractivity contribution in [2.45, 2.75) is 25.8 Å². The number of amides is 2. The third-order valence-corrected chi connectivity index (χ3v) is 2.23. The quantitative estimate of drug-likeness (QED) is 0.485. The zero-order valence-corrected chi connectivity index (χ0v) is 8.73. The zero-order chi connectivity index (χ0) is 11.4. The zero-order valence-electron chi connectivity index (χ0n) is 8.73. The molecule has 1 saturated heterocycles. The number of carbonyl (C=O) groups is 3. The van der Waals surface area contributed by atoms with E-state index in [-0.39, 0.29) is 12.3 Å². The van der Waals surface area contributed by atoms with Crippen molar-refractivity contribution in [3.05, 3.63) is 12.2 Å². The van der Waals surface area contributed by atoms with E-state index in [2.05, 4.69) is 4.74 Å². The molecular formula is C10H13NO4. The smallest absolute Gasteiger partial charge is 0.329 e. The van der Waals surface area contributed by atoms with E-state index in [0.29, 0.717) is 6.42 Å². The summed E-state index contributed by atoms with van der Waals surface area (Å²) in [6, 6.07) is -0.758. The lowest BCUT2D eigenvalue weighted by atomic mass is 10.2. The Hall–Kier alpha value is -1.65. The van der Waals surface area contributed by atoms with Crippen LogP contribution in [0.4, 0.5) is 0 Å². The van der Waals surface area contributed by atoms with E-state index in [1.54, 1.807) is 6.92 Å². The summed E-state index contributed by atoms with van der Waals surface area (Å²) < 4.78 is 4.53. The molecule has 5 nitrogen and oxygen atoms in total. The van der Waals surface area contributed by atoms with Gasteiger partial charge in [0.2, 0.25) is 5.91 Å². The van der Waals surface area contributed by atoms with Crippen molar-refractivity contribution in [3.63, 3.8) is 0 Å². The summed E-state index contributed by atoms with van der Waals surface area (Å²) >= 11 is 0. The van der Waals surface area contributed by atoms with Crippen molar-refractivity contribution in [1.82, 2.24) is 4.90 Å². The fourth-order valence-electron chi connectivity index (χ4n) is 1.54. The van der Waals surface area contributed by atoms with Crippen LogP contribution in [0.1, 0.15) is 19.8 Å².